The quantitative estimate of drug-likeness (QED) is 0.677. The molecular weight excluding hydrogens is 403 g/mol. The molecule has 0 spiro atoms. The summed E-state index contributed by atoms with van der Waals surface area (Å²) < 4.78 is 37.9. The Morgan fingerprint density at radius 1 is 1.10 bits per heavy atom. The van der Waals surface area contributed by atoms with Crippen LogP contribution in [0.2, 0.25) is 0 Å². The maximum absolute atomic E-state index is 12.6. The van der Waals surface area contributed by atoms with Gasteiger partial charge in [-0.3, -0.25) is 9.59 Å². The van der Waals surface area contributed by atoms with Gasteiger partial charge in [0.05, 0.1) is 5.56 Å². The third-order valence-electron chi connectivity index (χ3n) is 4.94. The zero-order chi connectivity index (χ0) is 21.2. The molecule has 0 atom stereocenters. The van der Waals surface area contributed by atoms with E-state index >= 15 is 0 Å². The molecule has 1 saturated heterocycles. The molecule has 3 heterocycles. The fraction of sp³-hybridized carbons (Fsp3) is 0.450. The minimum absolute atomic E-state index is 0.0206. The van der Waals surface area contributed by atoms with E-state index in [1.165, 1.54) is 6.07 Å². The molecule has 0 saturated carbocycles. The molecule has 0 aromatic carbocycles. The van der Waals surface area contributed by atoms with Gasteiger partial charge >= 0.3 is 6.18 Å². The average Bonchev–Trinajstić information content (AvgIpc) is 3.03. The van der Waals surface area contributed by atoms with Crippen LogP contribution in [0.1, 0.15) is 38.5 Å². The standard InChI is InChI=1S/C20H22F3N3O2S/c1-13-11-16(14(2)29-13)17(27)4-6-19(28)26-9-7-25(8-10-26)18-5-3-15(12-24-18)20(21,22)23/h3,5,11-12H,4,6-10H2,1-2H3. The van der Waals surface area contributed by atoms with E-state index in [0.717, 1.165) is 22.0 Å². The van der Waals surface area contributed by atoms with Crippen molar-refractivity contribution >= 4 is 28.8 Å². The van der Waals surface area contributed by atoms with Crippen molar-refractivity contribution in [1.29, 1.82) is 0 Å². The Bertz CT molecular complexity index is 885. The average molecular weight is 425 g/mol. The molecule has 1 amide bonds. The van der Waals surface area contributed by atoms with Crippen molar-refractivity contribution in [2.45, 2.75) is 32.9 Å². The van der Waals surface area contributed by atoms with Crippen LogP contribution in [0.25, 0.3) is 0 Å². The number of piperazine rings is 1. The highest BCUT2D eigenvalue weighted by molar-refractivity contribution is 7.12. The summed E-state index contributed by atoms with van der Waals surface area (Å²) in [5, 5.41) is 0. The number of anilines is 1. The molecule has 0 radical (unpaired) electrons. The fourth-order valence-corrected chi connectivity index (χ4v) is 4.29. The molecule has 1 aliphatic rings. The number of aromatic nitrogens is 1. The Morgan fingerprint density at radius 3 is 2.31 bits per heavy atom. The van der Waals surface area contributed by atoms with Crippen molar-refractivity contribution in [3.63, 3.8) is 0 Å². The summed E-state index contributed by atoms with van der Waals surface area (Å²) in [6.07, 6.45) is -3.25. The summed E-state index contributed by atoms with van der Waals surface area (Å²) in [6.45, 7) is 5.73. The van der Waals surface area contributed by atoms with Gasteiger partial charge in [-0.05, 0) is 32.0 Å². The first-order valence-corrected chi connectivity index (χ1v) is 10.1. The molecule has 3 rings (SSSR count). The monoisotopic (exact) mass is 425 g/mol. The zero-order valence-corrected chi connectivity index (χ0v) is 17.1. The normalized spacial score (nSPS) is 14.9. The summed E-state index contributed by atoms with van der Waals surface area (Å²) >= 11 is 1.57. The van der Waals surface area contributed by atoms with Gasteiger partial charge in [0.2, 0.25) is 5.91 Å². The highest BCUT2D eigenvalue weighted by Crippen LogP contribution is 2.29. The molecule has 0 unspecified atom stereocenters. The van der Waals surface area contributed by atoms with Gasteiger partial charge in [-0.1, -0.05) is 0 Å². The number of halogens is 3. The van der Waals surface area contributed by atoms with Crippen LogP contribution in [0, 0.1) is 13.8 Å². The van der Waals surface area contributed by atoms with Gasteiger partial charge in [0, 0.05) is 60.5 Å². The largest absolute Gasteiger partial charge is 0.417 e. The summed E-state index contributed by atoms with van der Waals surface area (Å²) in [5.74, 6) is 0.361. The van der Waals surface area contributed by atoms with Crippen LogP contribution in [-0.2, 0) is 11.0 Å². The number of aryl methyl sites for hydroxylation is 2. The number of rotatable bonds is 5. The van der Waals surface area contributed by atoms with Crippen molar-refractivity contribution in [3.8, 4) is 0 Å². The number of hydrogen-bond donors (Lipinski definition) is 0. The molecule has 5 nitrogen and oxygen atoms in total. The Morgan fingerprint density at radius 2 is 1.79 bits per heavy atom. The molecule has 0 aliphatic carbocycles. The van der Waals surface area contributed by atoms with Gasteiger partial charge in [0.1, 0.15) is 5.82 Å². The lowest BCUT2D eigenvalue weighted by molar-refractivity contribution is -0.137. The number of carbonyl (C=O) groups is 2. The van der Waals surface area contributed by atoms with E-state index in [-0.39, 0.29) is 24.5 Å². The third-order valence-corrected chi connectivity index (χ3v) is 5.90. The van der Waals surface area contributed by atoms with Crippen LogP contribution in [0.4, 0.5) is 19.0 Å². The van der Waals surface area contributed by atoms with Crippen LogP contribution in [0.15, 0.2) is 24.4 Å². The number of pyridine rings is 1. The van der Waals surface area contributed by atoms with E-state index in [4.69, 9.17) is 0 Å². The van der Waals surface area contributed by atoms with Crippen LogP contribution < -0.4 is 4.90 Å². The molecule has 0 bridgehead atoms. The Balaban J connectivity index is 1.49. The number of thiophene rings is 1. The lowest BCUT2D eigenvalue weighted by Crippen LogP contribution is -2.49. The zero-order valence-electron chi connectivity index (χ0n) is 16.3. The van der Waals surface area contributed by atoms with Crippen molar-refractivity contribution in [2.75, 3.05) is 31.1 Å². The Hall–Kier alpha value is -2.42. The van der Waals surface area contributed by atoms with Crippen LogP contribution in [-0.4, -0.2) is 47.8 Å². The molecule has 0 N–H and O–H groups in total. The lowest BCUT2D eigenvalue weighted by Gasteiger charge is -2.35. The lowest BCUT2D eigenvalue weighted by atomic mass is 10.1. The SMILES string of the molecule is Cc1cc(C(=O)CCC(=O)N2CCN(c3ccc(C(F)(F)F)cn3)CC2)c(C)s1. The van der Waals surface area contributed by atoms with Crippen molar-refractivity contribution < 1.29 is 22.8 Å². The van der Waals surface area contributed by atoms with Crippen molar-refractivity contribution in [1.82, 2.24) is 9.88 Å². The number of nitrogens with zero attached hydrogens (tertiary/aromatic N) is 3. The summed E-state index contributed by atoms with van der Waals surface area (Å²) in [6, 6.07) is 4.23. The predicted octanol–water partition coefficient (Wildman–Crippen LogP) is 4.09. The first kappa shape index (κ1) is 21.3. The van der Waals surface area contributed by atoms with Gasteiger partial charge in [0.15, 0.2) is 5.78 Å². The number of alkyl halides is 3. The fourth-order valence-electron chi connectivity index (χ4n) is 3.35. The van der Waals surface area contributed by atoms with Crippen LogP contribution in [0.5, 0.6) is 0 Å². The number of carbonyl (C=O) groups excluding carboxylic acids is 2. The van der Waals surface area contributed by atoms with Gasteiger partial charge in [-0.15, -0.1) is 11.3 Å². The highest BCUT2D eigenvalue weighted by atomic mass is 32.1. The molecule has 2 aromatic heterocycles. The van der Waals surface area contributed by atoms with E-state index in [2.05, 4.69) is 4.98 Å². The Labute approximate surface area is 171 Å². The van der Waals surface area contributed by atoms with Gasteiger partial charge in [-0.2, -0.15) is 13.2 Å². The molecular formula is C20H22F3N3O2S. The predicted molar refractivity (Wildman–Crippen MR) is 105 cm³/mol. The molecule has 2 aromatic rings. The first-order valence-electron chi connectivity index (χ1n) is 9.31. The van der Waals surface area contributed by atoms with E-state index in [1.807, 2.05) is 24.8 Å². The number of ketones is 1. The number of hydrogen-bond acceptors (Lipinski definition) is 5. The minimum Gasteiger partial charge on any atom is -0.353 e. The second-order valence-electron chi connectivity index (χ2n) is 7.02. The van der Waals surface area contributed by atoms with E-state index in [1.54, 1.807) is 16.2 Å². The topological polar surface area (TPSA) is 53.5 Å². The van der Waals surface area contributed by atoms with E-state index in [9.17, 15) is 22.8 Å². The van der Waals surface area contributed by atoms with Crippen molar-refractivity contribution in [3.05, 3.63) is 45.3 Å². The van der Waals surface area contributed by atoms with Crippen LogP contribution >= 0.6 is 11.3 Å². The van der Waals surface area contributed by atoms with Crippen molar-refractivity contribution in [2.24, 2.45) is 0 Å². The van der Waals surface area contributed by atoms with Gasteiger partial charge < -0.3 is 9.80 Å². The molecule has 9 heteroatoms. The first-order chi connectivity index (χ1) is 13.6. The number of amides is 1. The van der Waals surface area contributed by atoms with Crippen LogP contribution in [0.3, 0.4) is 0 Å². The smallest absolute Gasteiger partial charge is 0.353 e. The second-order valence-corrected chi connectivity index (χ2v) is 8.48. The molecule has 156 valence electrons. The third kappa shape index (κ3) is 5.14. The molecule has 29 heavy (non-hydrogen) atoms. The maximum atomic E-state index is 12.6. The summed E-state index contributed by atoms with van der Waals surface area (Å²) in [7, 11) is 0. The van der Waals surface area contributed by atoms with E-state index in [0.29, 0.717) is 37.6 Å². The summed E-state index contributed by atoms with van der Waals surface area (Å²) in [5.41, 5.74) is -0.0886. The molecule has 1 aliphatic heterocycles. The highest BCUT2D eigenvalue weighted by Gasteiger charge is 2.31. The van der Waals surface area contributed by atoms with Gasteiger partial charge in [0.25, 0.3) is 0 Å². The maximum Gasteiger partial charge on any atom is 0.417 e. The number of Topliss-reactive ketones (excluding diaryl/α,β-unsaturated/α-hetero) is 1. The Kier molecular flexibility index (Phi) is 6.26. The summed E-state index contributed by atoms with van der Waals surface area (Å²) in [4.78, 5) is 34.3. The second kappa shape index (κ2) is 8.52. The van der Waals surface area contributed by atoms with E-state index < -0.39 is 11.7 Å². The molecule has 1 fully saturated rings. The van der Waals surface area contributed by atoms with Gasteiger partial charge in [-0.25, -0.2) is 4.98 Å². The minimum atomic E-state index is -4.41.